The van der Waals surface area contributed by atoms with Crippen molar-refractivity contribution < 1.29 is 17.9 Å². The molecule has 0 bridgehead atoms. The third-order valence-electron chi connectivity index (χ3n) is 4.76. The van der Waals surface area contributed by atoms with Crippen LogP contribution in [-0.4, -0.2) is 27.9 Å². The highest BCUT2D eigenvalue weighted by Gasteiger charge is 2.30. The summed E-state index contributed by atoms with van der Waals surface area (Å²) in [4.78, 5) is 22.2. The quantitative estimate of drug-likeness (QED) is 0.321. The predicted octanol–water partition coefficient (Wildman–Crippen LogP) is 5.20. The Kier molecular flexibility index (Phi) is 5.45. The van der Waals surface area contributed by atoms with Gasteiger partial charge in [0.25, 0.3) is 5.56 Å². The van der Waals surface area contributed by atoms with E-state index in [9.17, 15) is 18.0 Å². The standard InChI is InChI=1S/C22H16F3N3O2S/c1-30-17-9-3-13(4-10-17)18-11-14-12-26-21(31-2)27-19(14)28(20(18)29)16-7-5-15(6-8-16)22(23,24)25/h3-12H,1-2H3. The molecule has 5 nitrogen and oxygen atoms in total. The first-order chi connectivity index (χ1) is 14.8. The molecule has 158 valence electrons. The van der Waals surface area contributed by atoms with Crippen molar-refractivity contribution in [3.8, 4) is 22.6 Å². The number of halogens is 3. The highest BCUT2D eigenvalue weighted by molar-refractivity contribution is 7.98. The number of thioether (sulfide) groups is 1. The summed E-state index contributed by atoms with van der Waals surface area (Å²) in [7, 11) is 1.54. The fourth-order valence-electron chi connectivity index (χ4n) is 3.20. The number of hydrogen-bond donors (Lipinski definition) is 0. The van der Waals surface area contributed by atoms with Crippen LogP contribution in [0.15, 0.2) is 70.7 Å². The van der Waals surface area contributed by atoms with Crippen molar-refractivity contribution in [3.05, 3.63) is 76.7 Å². The van der Waals surface area contributed by atoms with Gasteiger partial charge in [-0.2, -0.15) is 13.2 Å². The molecule has 2 aromatic carbocycles. The number of alkyl halides is 3. The molecule has 0 aliphatic heterocycles. The molecular weight excluding hydrogens is 427 g/mol. The molecule has 0 aliphatic rings. The maximum atomic E-state index is 13.5. The maximum Gasteiger partial charge on any atom is 0.416 e. The molecule has 0 saturated carbocycles. The Morgan fingerprint density at radius 2 is 1.71 bits per heavy atom. The fourth-order valence-corrected chi connectivity index (χ4v) is 3.53. The molecule has 0 fully saturated rings. The topological polar surface area (TPSA) is 57.0 Å². The van der Waals surface area contributed by atoms with Crippen molar-refractivity contribution in [2.24, 2.45) is 0 Å². The lowest BCUT2D eigenvalue weighted by atomic mass is 10.1. The highest BCUT2D eigenvalue weighted by atomic mass is 32.2. The summed E-state index contributed by atoms with van der Waals surface area (Å²) in [5.74, 6) is 0.639. The van der Waals surface area contributed by atoms with E-state index < -0.39 is 17.3 Å². The average molecular weight is 443 g/mol. The Bertz CT molecular complexity index is 1300. The Hall–Kier alpha value is -3.33. The number of benzene rings is 2. The Labute approximate surface area is 179 Å². The van der Waals surface area contributed by atoms with Gasteiger partial charge in [0.2, 0.25) is 0 Å². The maximum absolute atomic E-state index is 13.5. The lowest BCUT2D eigenvalue weighted by Crippen LogP contribution is -2.22. The van der Waals surface area contributed by atoms with Gasteiger partial charge in [0, 0.05) is 17.1 Å². The van der Waals surface area contributed by atoms with E-state index in [1.807, 2.05) is 0 Å². The molecule has 0 aliphatic carbocycles. The third kappa shape index (κ3) is 4.00. The van der Waals surface area contributed by atoms with Crippen molar-refractivity contribution in [3.63, 3.8) is 0 Å². The number of pyridine rings is 1. The number of fused-ring (bicyclic) bond motifs is 1. The second-order valence-corrected chi connectivity index (χ2v) is 7.38. The van der Waals surface area contributed by atoms with Crippen molar-refractivity contribution in [2.75, 3.05) is 13.4 Å². The predicted molar refractivity (Wildman–Crippen MR) is 114 cm³/mol. The van der Waals surface area contributed by atoms with E-state index in [0.717, 1.165) is 12.1 Å². The second kappa shape index (κ2) is 8.07. The molecule has 0 saturated heterocycles. The smallest absolute Gasteiger partial charge is 0.416 e. The van der Waals surface area contributed by atoms with Crippen molar-refractivity contribution in [2.45, 2.75) is 11.3 Å². The van der Waals surface area contributed by atoms with Gasteiger partial charge >= 0.3 is 6.18 Å². The summed E-state index contributed by atoms with van der Waals surface area (Å²) in [6, 6.07) is 13.1. The van der Waals surface area contributed by atoms with Crippen LogP contribution in [0.5, 0.6) is 5.75 Å². The second-order valence-electron chi connectivity index (χ2n) is 6.61. The molecule has 4 aromatic rings. The first-order valence-electron chi connectivity index (χ1n) is 9.10. The largest absolute Gasteiger partial charge is 0.497 e. The van der Waals surface area contributed by atoms with Crippen LogP contribution >= 0.6 is 11.8 Å². The van der Waals surface area contributed by atoms with Gasteiger partial charge in [0.1, 0.15) is 5.75 Å². The van der Waals surface area contributed by atoms with Gasteiger partial charge < -0.3 is 4.74 Å². The van der Waals surface area contributed by atoms with Crippen LogP contribution in [0, 0.1) is 0 Å². The molecule has 0 amide bonds. The van der Waals surface area contributed by atoms with Crippen LogP contribution in [-0.2, 0) is 6.18 Å². The first-order valence-corrected chi connectivity index (χ1v) is 10.3. The number of ether oxygens (including phenoxy) is 1. The zero-order valence-electron chi connectivity index (χ0n) is 16.5. The van der Waals surface area contributed by atoms with E-state index in [-0.39, 0.29) is 5.69 Å². The van der Waals surface area contributed by atoms with E-state index >= 15 is 0 Å². The third-order valence-corrected chi connectivity index (χ3v) is 5.32. The van der Waals surface area contributed by atoms with Crippen molar-refractivity contribution in [1.82, 2.24) is 14.5 Å². The average Bonchev–Trinajstić information content (AvgIpc) is 2.78. The molecule has 0 unspecified atom stereocenters. The summed E-state index contributed by atoms with van der Waals surface area (Å²) in [6.07, 6.45) is -1.07. The van der Waals surface area contributed by atoms with E-state index in [4.69, 9.17) is 4.74 Å². The van der Waals surface area contributed by atoms with E-state index in [1.165, 1.54) is 28.5 Å². The minimum atomic E-state index is -4.47. The summed E-state index contributed by atoms with van der Waals surface area (Å²) in [5, 5.41) is 1.04. The molecule has 0 atom stereocenters. The molecule has 2 heterocycles. The molecule has 4 rings (SSSR count). The van der Waals surface area contributed by atoms with E-state index in [0.29, 0.717) is 33.1 Å². The number of methoxy groups -OCH3 is 1. The highest BCUT2D eigenvalue weighted by Crippen LogP contribution is 2.30. The first kappa shape index (κ1) is 20.9. The van der Waals surface area contributed by atoms with Gasteiger partial charge in [-0.05, 0) is 54.3 Å². The molecule has 31 heavy (non-hydrogen) atoms. The minimum absolute atomic E-state index is 0.282. The molecular formula is C22H16F3N3O2S. The Morgan fingerprint density at radius 3 is 2.29 bits per heavy atom. The van der Waals surface area contributed by atoms with Crippen LogP contribution in [0.4, 0.5) is 13.2 Å². The summed E-state index contributed by atoms with van der Waals surface area (Å²) in [6.45, 7) is 0. The zero-order valence-corrected chi connectivity index (χ0v) is 17.3. The molecule has 0 radical (unpaired) electrons. The lowest BCUT2D eigenvalue weighted by Gasteiger charge is -2.14. The number of aromatic nitrogens is 3. The van der Waals surface area contributed by atoms with E-state index in [2.05, 4.69) is 9.97 Å². The monoisotopic (exact) mass is 443 g/mol. The normalized spacial score (nSPS) is 11.6. The Morgan fingerprint density at radius 1 is 1.03 bits per heavy atom. The minimum Gasteiger partial charge on any atom is -0.497 e. The summed E-state index contributed by atoms with van der Waals surface area (Å²) < 4.78 is 45.5. The van der Waals surface area contributed by atoms with E-state index in [1.54, 1.807) is 49.9 Å². The zero-order chi connectivity index (χ0) is 22.2. The van der Waals surface area contributed by atoms with Gasteiger partial charge in [-0.1, -0.05) is 23.9 Å². The molecule has 0 spiro atoms. The molecule has 2 aromatic heterocycles. The van der Waals surface area contributed by atoms with Gasteiger partial charge in [-0.3, -0.25) is 9.36 Å². The van der Waals surface area contributed by atoms with Crippen LogP contribution in [0.25, 0.3) is 27.8 Å². The van der Waals surface area contributed by atoms with Gasteiger partial charge in [-0.25, -0.2) is 9.97 Å². The van der Waals surface area contributed by atoms with Gasteiger partial charge in [-0.15, -0.1) is 0 Å². The van der Waals surface area contributed by atoms with Crippen LogP contribution in [0.1, 0.15) is 5.56 Å². The van der Waals surface area contributed by atoms with Gasteiger partial charge in [0.05, 0.1) is 18.4 Å². The van der Waals surface area contributed by atoms with Crippen molar-refractivity contribution >= 4 is 22.8 Å². The van der Waals surface area contributed by atoms with Crippen LogP contribution in [0.2, 0.25) is 0 Å². The fraction of sp³-hybridized carbons (Fsp3) is 0.136. The van der Waals surface area contributed by atoms with Gasteiger partial charge in [0.15, 0.2) is 10.8 Å². The van der Waals surface area contributed by atoms with Crippen molar-refractivity contribution in [1.29, 1.82) is 0 Å². The number of hydrogen-bond acceptors (Lipinski definition) is 5. The summed E-state index contributed by atoms with van der Waals surface area (Å²) >= 11 is 1.30. The summed E-state index contributed by atoms with van der Waals surface area (Å²) in [5.41, 5.74) is 0.422. The number of nitrogens with zero attached hydrogens (tertiary/aromatic N) is 3. The Balaban J connectivity index is 1.98. The van der Waals surface area contributed by atoms with Crippen LogP contribution < -0.4 is 10.3 Å². The SMILES string of the molecule is COc1ccc(-c2cc3cnc(SC)nc3n(-c3ccc(C(F)(F)F)cc3)c2=O)cc1. The molecule has 9 heteroatoms. The molecule has 0 N–H and O–H groups in total. The number of rotatable bonds is 4. The van der Waals surface area contributed by atoms with Crippen LogP contribution in [0.3, 0.4) is 0 Å². The lowest BCUT2D eigenvalue weighted by molar-refractivity contribution is -0.137.